The summed E-state index contributed by atoms with van der Waals surface area (Å²) in [6, 6.07) is 7.58. The summed E-state index contributed by atoms with van der Waals surface area (Å²) < 4.78 is 11.2. The van der Waals surface area contributed by atoms with Gasteiger partial charge in [0.25, 0.3) is 0 Å². The van der Waals surface area contributed by atoms with Crippen molar-refractivity contribution in [2.24, 2.45) is 11.3 Å². The molecule has 0 amide bonds. The van der Waals surface area contributed by atoms with E-state index in [-0.39, 0.29) is 12.2 Å². The Balaban J connectivity index is 2.03. The second-order valence-electron chi connectivity index (χ2n) is 6.75. The zero-order chi connectivity index (χ0) is 15.5. The van der Waals surface area contributed by atoms with Crippen LogP contribution in [-0.2, 0) is 0 Å². The van der Waals surface area contributed by atoms with Crippen LogP contribution in [0.5, 0.6) is 11.5 Å². The first kappa shape index (κ1) is 16.2. The molecule has 0 heterocycles. The van der Waals surface area contributed by atoms with Crippen LogP contribution in [0.3, 0.4) is 0 Å². The van der Waals surface area contributed by atoms with Gasteiger partial charge in [0.1, 0.15) is 17.6 Å². The zero-order valence-electron chi connectivity index (χ0n) is 13.6. The molecule has 2 rings (SSSR count). The van der Waals surface area contributed by atoms with Gasteiger partial charge in [-0.3, -0.25) is 0 Å². The van der Waals surface area contributed by atoms with E-state index in [9.17, 15) is 5.11 Å². The summed E-state index contributed by atoms with van der Waals surface area (Å²) in [4.78, 5) is 0. The van der Waals surface area contributed by atoms with E-state index in [0.29, 0.717) is 11.3 Å². The van der Waals surface area contributed by atoms with E-state index in [1.54, 1.807) is 7.11 Å². The molecule has 0 saturated heterocycles. The minimum Gasteiger partial charge on any atom is -0.497 e. The van der Waals surface area contributed by atoms with Crippen molar-refractivity contribution in [1.29, 1.82) is 0 Å². The monoisotopic (exact) mass is 292 g/mol. The highest BCUT2D eigenvalue weighted by Gasteiger charge is 2.37. The average Bonchev–Trinajstić information content (AvgIpc) is 2.50. The molecule has 1 fully saturated rings. The third-order valence-corrected chi connectivity index (χ3v) is 5.12. The van der Waals surface area contributed by atoms with Crippen LogP contribution >= 0.6 is 0 Å². The van der Waals surface area contributed by atoms with Gasteiger partial charge in [-0.05, 0) is 54.9 Å². The Morgan fingerprint density at radius 3 is 2.33 bits per heavy atom. The number of aliphatic hydroxyl groups is 1. The second-order valence-corrected chi connectivity index (χ2v) is 6.75. The fraction of sp³-hybridized carbons (Fsp3) is 0.667. The Morgan fingerprint density at radius 2 is 1.76 bits per heavy atom. The molecule has 1 N–H and O–H groups in total. The fourth-order valence-electron chi connectivity index (χ4n) is 3.07. The van der Waals surface area contributed by atoms with Crippen molar-refractivity contribution in [2.45, 2.75) is 58.7 Å². The van der Waals surface area contributed by atoms with Gasteiger partial charge in [-0.25, -0.2) is 0 Å². The molecule has 0 bridgehead atoms. The standard InChI is InChI=1S/C18H28O3/c1-5-18(2,3)13-6-11-16(19)17(12-13)21-15-9-7-14(20-4)8-10-15/h7-10,13,16-17,19H,5-6,11-12H2,1-4H3. The van der Waals surface area contributed by atoms with Gasteiger partial charge in [0.2, 0.25) is 0 Å². The van der Waals surface area contributed by atoms with Crippen molar-refractivity contribution >= 4 is 0 Å². The smallest absolute Gasteiger partial charge is 0.125 e. The molecule has 3 heteroatoms. The number of rotatable bonds is 5. The van der Waals surface area contributed by atoms with Crippen molar-refractivity contribution < 1.29 is 14.6 Å². The Kier molecular flexibility index (Phi) is 5.15. The molecule has 0 aromatic heterocycles. The number of ether oxygens (including phenoxy) is 2. The predicted octanol–water partition coefficient (Wildman–Crippen LogP) is 4.04. The topological polar surface area (TPSA) is 38.7 Å². The maximum atomic E-state index is 10.2. The minimum absolute atomic E-state index is 0.108. The quantitative estimate of drug-likeness (QED) is 0.890. The first-order valence-electron chi connectivity index (χ1n) is 7.95. The van der Waals surface area contributed by atoms with Gasteiger partial charge < -0.3 is 14.6 Å². The van der Waals surface area contributed by atoms with Crippen LogP contribution in [0.4, 0.5) is 0 Å². The van der Waals surface area contributed by atoms with E-state index in [4.69, 9.17) is 9.47 Å². The molecule has 3 nitrogen and oxygen atoms in total. The van der Waals surface area contributed by atoms with Crippen LogP contribution in [0.1, 0.15) is 46.5 Å². The van der Waals surface area contributed by atoms with Crippen LogP contribution in [0.2, 0.25) is 0 Å². The van der Waals surface area contributed by atoms with Gasteiger partial charge in [-0.15, -0.1) is 0 Å². The summed E-state index contributed by atoms with van der Waals surface area (Å²) >= 11 is 0. The van der Waals surface area contributed by atoms with Gasteiger partial charge in [0, 0.05) is 0 Å². The summed E-state index contributed by atoms with van der Waals surface area (Å²) in [6.45, 7) is 6.88. The van der Waals surface area contributed by atoms with Crippen LogP contribution in [0.25, 0.3) is 0 Å². The Morgan fingerprint density at radius 1 is 1.14 bits per heavy atom. The summed E-state index contributed by atoms with van der Waals surface area (Å²) in [7, 11) is 1.65. The normalized spacial score (nSPS) is 26.4. The predicted molar refractivity (Wildman–Crippen MR) is 84.8 cm³/mol. The first-order chi connectivity index (χ1) is 9.96. The highest BCUT2D eigenvalue weighted by Crippen LogP contribution is 2.41. The Hall–Kier alpha value is -1.22. The van der Waals surface area contributed by atoms with E-state index >= 15 is 0 Å². The largest absolute Gasteiger partial charge is 0.497 e. The van der Waals surface area contributed by atoms with E-state index < -0.39 is 0 Å². The summed E-state index contributed by atoms with van der Waals surface area (Å²) in [6.07, 6.45) is 3.52. The maximum absolute atomic E-state index is 10.2. The Bertz CT molecular complexity index is 438. The average molecular weight is 292 g/mol. The van der Waals surface area contributed by atoms with Crippen molar-refractivity contribution in [3.05, 3.63) is 24.3 Å². The third-order valence-electron chi connectivity index (χ3n) is 5.12. The van der Waals surface area contributed by atoms with Crippen molar-refractivity contribution in [3.8, 4) is 11.5 Å². The highest BCUT2D eigenvalue weighted by molar-refractivity contribution is 5.31. The number of benzene rings is 1. The molecule has 1 aliphatic carbocycles. The lowest BCUT2D eigenvalue weighted by atomic mass is 9.68. The first-order valence-corrected chi connectivity index (χ1v) is 7.95. The Labute approximate surface area is 128 Å². The molecule has 3 unspecified atom stereocenters. The van der Waals surface area contributed by atoms with Crippen LogP contribution in [-0.4, -0.2) is 24.4 Å². The molecular formula is C18H28O3. The molecule has 1 saturated carbocycles. The van der Waals surface area contributed by atoms with Gasteiger partial charge in [-0.1, -0.05) is 27.2 Å². The number of hydrogen-bond donors (Lipinski definition) is 1. The van der Waals surface area contributed by atoms with Gasteiger partial charge in [-0.2, -0.15) is 0 Å². The molecule has 21 heavy (non-hydrogen) atoms. The molecule has 0 aliphatic heterocycles. The lowest BCUT2D eigenvalue weighted by Gasteiger charge is -2.41. The van der Waals surface area contributed by atoms with Crippen LogP contribution < -0.4 is 9.47 Å². The summed E-state index contributed by atoms with van der Waals surface area (Å²) in [5.74, 6) is 2.22. The molecule has 0 radical (unpaired) electrons. The van der Waals surface area contributed by atoms with Crippen molar-refractivity contribution in [2.75, 3.05) is 7.11 Å². The summed E-state index contributed by atoms with van der Waals surface area (Å²) in [5.41, 5.74) is 0.307. The minimum atomic E-state index is -0.365. The van der Waals surface area contributed by atoms with Crippen LogP contribution in [0, 0.1) is 11.3 Å². The molecule has 118 valence electrons. The SMILES string of the molecule is CCC(C)(C)C1CCC(O)C(Oc2ccc(OC)cc2)C1. The van der Waals surface area contributed by atoms with E-state index in [0.717, 1.165) is 37.2 Å². The molecule has 0 spiro atoms. The lowest BCUT2D eigenvalue weighted by molar-refractivity contribution is -0.0333. The lowest BCUT2D eigenvalue weighted by Crippen LogP contribution is -2.42. The van der Waals surface area contributed by atoms with Crippen LogP contribution in [0.15, 0.2) is 24.3 Å². The van der Waals surface area contributed by atoms with Crippen molar-refractivity contribution in [3.63, 3.8) is 0 Å². The number of aliphatic hydroxyl groups excluding tert-OH is 1. The van der Waals surface area contributed by atoms with E-state index in [1.165, 1.54) is 0 Å². The molecular weight excluding hydrogens is 264 g/mol. The van der Waals surface area contributed by atoms with Crippen molar-refractivity contribution in [1.82, 2.24) is 0 Å². The maximum Gasteiger partial charge on any atom is 0.125 e. The zero-order valence-corrected chi connectivity index (χ0v) is 13.6. The molecule has 3 atom stereocenters. The summed E-state index contributed by atoms with van der Waals surface area (Å²) in [5, 5.41) is 10.2. The third kappa shape index (κ3) is 3.91. The molecule has 1 aliphatic rings. The highest BCUT2D eigenvalue weighted by atomic mass is 16.5. The van der Waals surface area contributed by atoms with E-state index in [2.05, 4.69) is 20.8 Å². The van der Waals surface area contributed by atoms with E-state index in [1.807, 2.05) is 24.3 Å². The number of methoxy groups -OCH3 is 1. The second kappa shape index (κ2) is 6.69. The van der Waals surface area contributed by atoms with Gasteiger partial charge in [0.05, 0.1) is 13.2 Å². The van der Waals surface area contributed by atoms with Gasteiger partial charge in [0.15, 0.2) is 0 Å². The fourth-order valence-corrected chi connectivity index (χ4v) is 3.07. The number of hydrogen-bond acceptors (Lipinski definition) is 3. The molecule has 1 aromatic carbocycles. The molecule has 1 aromatic rings. The van der Waals surface area contributed by atoms with Gasteiger partial charge >= 0.3 is 0 Å².